The Hall–Kier alpha value is -3.02. The molecule has 5 fully saturated rings. The van der Waals surface area contributed by atoms with E-state index in [0.717, 1.165) is 70.0 Å². The fourth-order valence-corrected chi connectivity index (χ4v) is 7.45. The molecule has 0 spiro atoms. The van der Waals surface area contributed by atoms with E-state index in [9.17, 15) is 9.90 Å². The number of ether oxygens (including phenoxy) is 2. The number of hydrogen-bond acceptors (Lipinski definition) is 9. The van der Waals surface area contributed by atoms with Crippen LogP contribution < -0.4 is 9.64 Å². The zero-order valence-electron chi connectivity index (χ0n) is 23.7. The van der Waals surface area contributed by atoms with Crippen LogP contribution >= 0.6 is 23.2 Å². The predicted molar refractivity (Wildman–Crippen MR) is 163 cm³/mol. The van der Waals surface area contributed by atoms with E-state index < -0.39 is 5.97 Å². The van der Waals surface area contributed by atoms with Gasteiger partial charge in [0.25, 0.3) is 0 Å². The average molecular weight is 626 g/mol. The molecule has 2 unspecified atom stereocenters. The van der Waals surface area contributed by atoms with Crippen LogP contribution in [0.15, 0.2) is 42.7 Å². The molecule has 226 valence electrons. The lowest BCUT2D eigenvalue weighted by molar-refractivity contribution is -0.143. The van der Waals surface area contributed by atoms with Gasteiger partial charge in [-0.25, -0.2) is 15.0 Å². The lowest BCUT2D eigenvalue weighted by atomic mass is 9.60. The van der Waals surface area contributed by atoms with Crippen LogP contribution in [-0.4, -0.2) is 94.4 Å². The molecule has 12 heteroatoms. The Morgan fingerprint density at radius 1 is 0.977 bits per heavy atom. The van der Waals surface area contributed by atoms with Gasteiger partial charge >= 0.3 is 5.97 Å². The predicted octanol–water partition coefficient (Wildman–Crippen LogP) is 4.70. The second-order valence-electron chi connectivity index (χ2n) is 12.1. The number of piperazine rings is 1. The minimum Gasteiger partial charge on any atom is -0.481 e. The van der Waals surface area contributed by atoms with E-state index in [1.54, 1.807) is 18.5 Å². The summed E-state index contributed by atoms with van der Waals surface area (Å²) in [6.45, 7) is 7.85. The Morgan fingerprint density at radius 2 is 1.67 bits per heavy atom. The van der Waals surface area contributed by atoms with E-state index in [-0.39, 0.29) is 6.42 Å². The van der Waals surface area contributed by atoms with Gasteiger partial charge in [0.05, 0.1) is 37.3 Å². The number of carboxylic acids is 1. The van der Waals surface area contributed by atoms with Gasteiger partial charge in [0.1, 0.15) is 0 Å². The summed E-state index contributed by atoms with van der Waals surface area (Å²) in [6.07, 6.45) is 4.77. The maximum absolute atomic E-state index is 11.3. The zero-order valence-corrected chi connectivity index (χ0v) is 25.3. The number of fused-ring (bicyclic) bond motifs is 2. The molecule has 0 amide bonds. The Morgan fingerprint density at radius 3 is 2.30 bits per heavy atom. The van der Waals surface area contributed by atoms with Crippen LogP contribution in [0.3, 0.4) is 0 Å². The topological polar surface area (TPSA) is 104 Å². The molecule has 2 aromatic heterocycles. The summed E-state index contributed by atoms with van der Waals surface area (Å²) >= 11 is 12.7. The first kappa shape index (κ1) is 28.7. The van der Waals surface area contributed by atoms with Crippen LogP contribution in [-0.2, 0) is 16.1 Å². The standard InChI is InChI=1S/C31H34Cl2N6O4/c32-23-8-20(9-24(33)10-23)28-5-19(14-37-15-21-7-22(16-37)27(21)11-30(40)41)6-29(36-28)43-26-12-34-31(35-13-26)39-3-1-38(2-4-39)25-17-42-18-25/h5-6,8-10,12-13,21-22,25,27H,1-4,7,11,14-18H2,(H,40,41). The van der Waals surface area contributed by atoms with Crippen molar-refractivity contribution in [2.24, 2.45) is 17.8 Å². The number of anilines is 1. The third-order valence-electron chi connectivity index (χ3n) is 9.21. The van der Waals surface area contributed by atoms with Gasteiger partial charge in [-0.3, -0.25) is 14.6 Å². The summed E-state index contributed by atoms with van der Waals surface area (Å²) in [5.41, 5.74) is 2.54. The van der Waals surface area contributed by atoms with E-state index in [1.807, 2.05) is 24.3 Å². The molecule has 10 nitrogen and oxygen atoms in total. The van der Waals surface area contributed by atoms with Crippen molar-refractivity contribution >= 4 is 35.1 Å². The Kier molecular flexibility index (Phi) is 8.13. The second kappa shape index (κ2) is 12.2. The van der Waals surface area contributed by atoms with Crippen molar-refractivity contribution in [3.05, 3.63) is 58.3 Å². The molecular formula is C31H34Cl2N6O4. The van der Waals surface area contributed by atoms with Crippen molar-refractivity contribution in [2.75, 3.05) is 57.4 Å². The Bertz CT molecular complexity index is 1450. The molecule has 1 aliphatic carbocycles. The molecule has 6 heterocycles. The second-order valence-corrected chi connectivity index (χ2v) is 13.0. The first-order chi connectivity index (χ1) is 20.9. The first-order valence-corrected chi connectivity index (χ1v) is 15.6. The third kappa shape index (κ3) is 6.44. The Balaban J connectivity index is 1.07. The summed E-state index contributed by atoms with van der Waals surface area (Å²) in [5, 5.41) is 10.3. The highest BCUT2D eigenvalue weighted by atomic mass is 35.5. The van der Waals surface area contributed by atoms with Crippen LogP contribution in [0, 0.1) is 17.8 Å². The summed E-state index contributed by atoms with van der Waals surface area (Å²) in [7, 11) is 0. The van der Waals surface area contributed by atoms with Crippen molar-refractivity contribution in [1.82, 2.24) is 24.8 Å². The summed E-state index contributed by atoms with van der Waals surface area (Å²) in [6, 6.07) is 9.91. The molecule has 1 saturated carbocycles. The molecule has 3 aromatic rings. The number of hydrogen-bond donors (Lipinski definition) is 1. The van der Waals surface area contributed by atoms with Crippen molar-refractivity contribution in [2.45, 2.75) is 25.4 Å². The number of nitrogens with zero attached hydrogens (tertiary/aromatic N) is 6. The fourth-order valence-electron chi connectivity index (χ4n) is 6.93. The van der Waals surface area contributed by atoms with Crippen molar-refractivity contribution in [1.29, 1.82) is 0 Å². The van der Waals surface area contributed by atoms with Crippen LogP contribution in [0.2, 0.25) is 10.0 Å². The maximum atomic E-state index is 11.3. The lowest BCUT2D eigenvalue weighted by Gasteiger charge is -2.53. The van der Waals surface area contributed by atoms with E-state index >= 15 is 0 Å². The molecule has 8 rings (SSSR count). The third-order valence-corrected chi connectivity index (χ3v) is 9.65. The molecule has 2 atom stereocenters. The number of aliphatic carboxylic acids is 1. The van der Waals surface area contributed by atoms with Crippen molar-refractivity contribution < 1.29 is 19.4 Å². The first-order valence-electron chi connectivity index (χ1n) is 14.8. The van der Waals surface area contributed by atoms with Gasteiger partial charge in [-0.05, 0) is 54.0 Å². The number of carboxylic acid groups (broad SMARTS) is 1. The molecule has 4 aliphatic heterocycles. The highest BCUT2D eigenvalue weighted by Crippen LogP contribution is 2.47. The van der Waals surface area contributed by atoms with Crippen LogP contribution in [0.4, 0.5) is 5.95 Å². The van der Waals surface area contributed by atoms with Crippen molar-refractivity contribution in [3.63, 3.8) is 0 Å². The van der Waals surface area contributed by atoms with Gasteiger partial charge in [0.15, 0.2) is 5.75 Å². The molecule has 1 aromatic carbocycles. The minimum absolute atomic E-state index is 0.267. The van der Waals surface area contributed by atoms with Gasteiger partial charge in [0.2, 0.25) is 11.8 Å². The van der Waals surface area contributed by atoms with Crippen molar-refractivity contribution in [3.8, 4) is 22.9 Å². The number of carbonyl (C=O) groups is 1. The molecule has 0 radical (unpaired) electrons. The van der Waals surface area contributed by atoms with Gasteiger partial charge in [-0.2, -0.15) is 0 Å². The van der Waals surface area contributed by atoms with E-state index in [4.69, 9.17) is 37.7 Å². The van der Waals surface area contributed by atoms with E-state index in [2.05, 4.69) is 24.7 Å². The number of pyridine rings is 1. The smallest absolute Gasteiger partial charge is 0.303 e. The molecule has 43 heavy (non-hydrogen) atoms. The number of rotatable bonds is 9. The quantitative estimate of drug-likeness (QED) is 0.360. The van der Waals surface area contributed by atoms with E-state index in [0.29, 0.717) is 63.7 Å². The van der Waals surface area contributed by atoms with Crippen LogP contribution in [0.25, 0.3) is 11.3 Å². The highest BCUT2D eigenvalue weighted by Gasteiger charge is 2.47. The zero-order chi connectivity index (χ0) is 29.5. The normalized spacial score (nSPS) is 24.3. The number of piperidine rings is 2. The average Bonchev–Trinajstić information content (AvgIpc) is 2.95. The monoisotopic (exact) mass is 624 g/mol. The van der Waals surface area contributed by atoms with Gasteiger partial charge in [-0.1, -0.05) is 23.2 Å². The lowest BCUT2D eigenvalue weighted by Crippen LogP contribution is -2.56. The molecule has 5 aliphatic rings. The summed E-state index contributed by atoms with van der Waals surface area (Å²) in [5.74, 6) is 2.09. The number of benzene rings is 1. The van der Waals surface area contributed by atoms with Gasteiger partial charge in [-0.15, -0.1) is 0 Å². The minimum atomic E-state index is -0.701. The maximum Gasteiger partial charge on any atom is 0.303 e. The Labute approximate surface area is 260 Å². The van der Waals surface area contributed by atoms with E-state index in [1.165, 1.54) is 0 Å². The van der Waals surface area contributed by atoms with Gasteiger partial charge < -0.3 is 19.5 Å². The van der Waals surface area contributed by atoms with Crippen LogP contribution in [0.5, 0.6) is 11.6 Å². The molecule has 4 saturated heterocycles. The highest BCUT2D eigenvalue weighted by molar-refractivity contribution is 6.35. The van der Waals surface area contributed by atoms with Crippen LogP contribution in [0.1, 0.15) is 18.4 Å². The molecule has 1 N–H and O–H groups in total. The molecular weight excluding hydrogens is 591 g/mol. The summed E-state index contributed by atoms with van der Waals surface area (Å²) in [4.78, 5) is 32.3. The fraction of sp³-hybridized carbons (Fsp3) is 0.484. The van der Waals surface area contributed by atoms with Gasteiger partial charge in [0, 0.05) is 73.9 Å². The number of halogens is 2. The molecule has 2 bridgehead atoms. The number of aromatic nitrogens is 3. The SMILES string of the molecule is O=C(O)CC1C2CC1CN(Cc1cc(Oc3cnc(N4CCN(C5COC5)CC4)nc3)nc(-c3cc(Cl)cc(Cl)c3)c1)C2. The summed E-state index contributed by atoms with van der Waals surface area (Å²) < 4.78 is 11.5. The largest absolute Gasteiger partial charge is 0.481 e.